The standard InChI is InChI=1S/C20H20N4S/c1-15-8-10-16(11-9-15)19-14-25-20(22-18-7-4-12-21-13-18)24(19)23-17-5-2-3-6-17/h4,7-14H,2-3,5-6H2,1H3. The minimum Gasteiger partial charge on any atom is -0.262 e. The average Bonchev–Trinajstić information content (AvgIpc) is 3.28. The fourth-order valence-corrected chi connectivity index (χ4v) is 3.80. The summed E-state index contributed by atoms with van der Waals surface area (Å²) in [5.41, 5.74) is 5.62. The Bertz CT molecular complexity index is 941. The summed E-state index contributed by atoms with van der Waals surface area (Å²) in [4.78, 5) is 9.79. The maximum atomic E-state index is 4.94. The van der Waals surface area contributed by atoms with Crippen LogP contribution in [0.5, 0.6) is 0 Å². The molecule has 1 saturated carbocycles. The van der Waals surface area contributed by atoms with Gasteiger partial charge in [-0.15, -0.1) is 11.3 Å². The summed E-state index contributed by atoms with van der Waals surface area (Å²) in [7, 11) is 0. The molecule has 0 atom stereocenters. The van der Waals surface area contributed by atoms with E-state index in [1.165, 1.54) is 24.1 Å². The fourth-order valence-electron chi connectivity index (χ4n) is 2.95. The SMILES string of the molecule is Cc1ccc(-c2csc(=Nc3cccnc3)n2N=C2CCCC2)cc1. The van der Waals surface area contributed by atoms with Gasteiger partial charge in [0.1, 0.15) is 0 Å². The molecule has 3 aromatic rings. The number of rotatable bonds is 3. The van der Waals surface area contributed by atoms with E-state index in [1.54, 1.807) is 23.7 Å². The van der Waals surface area contributed by atoms with E-state index in [0.29, 0.717) is 0 Å². The van der Waals surface area contributed by atoms with Crippen LogP contribution in [0.3, 0.4) is 0 Å². The number of aromatic nitrogens is 2. The molecule has 25 heavy (non-hydrogen) atoms. The van der Waals surface area contributed by atoms with Crippen molar-refractivity contribution in [3.8, 4) is 11.3 Å². The normalized spacial score (nSPS) is 14.9. The van der Waals surface area contributed by atoms with Gasteiger partial charge in [0.15, 0.2) is 0 Å². The molecular formula is C20H20N4S. The Hall–Kier alpha value is -2.53. The second-order valence-corrected chi connectivity index (χ2v) is 7.11. The molecular weight excluding hydrogens is 328 g/mol. The topological polar surface area (TPSA) is 42.5 Å². The van der Waals surface area contributed by atoms with Gasteiger partial charge in [-0.25, -0.2) is 9.67 Å². The van der Waals surface area contributed by atoms with E-state index in [2.05, 4.69) is 41.6 Å². The first-order chi connectivity index (χ1) is 12.3. The molecule has 5 heteroatoms. The Morgan fingerprint density at radius 3 is 2.60 bits per heavy atom. The molecule has 0 spiro atoms. The van der Waals surface area contributed by atoms with Crippen LogP contribution >= 0.6 is 11.3 Å². The summed E-state index contributed by atoms with van der Waals surface area (Å²) in [6, 6.07) is 12.4. The lowest BCUT2D eigenvalue weighted by Gasteiger charge is -2.05. The molecule has 0 saturated heterocycles. The van der Waals surface area contributed by atoms with Crippen LogP contribution in [0.25, 0.3) is 11.3 Å². The van der Waals surface area contributed by atoms with Gasteiger partial charge < -0.3 is 0 Å². The Morgan fingerprint density at radius 1 is 1.08 bits per heavy atom. The minimum atomic E-state index is 0.847. The molecule has 126 valence electrons. The van der Waals surface area contributed by atoms with Crippen molar-refractivity contribution >= 4 is 22.7 Å². The number of benzene rings is 1. The van der Waals surface area contributed by atoms with Gasteiger partial charge >= 0.3 is 0 Å². The Balaban J connectivity index is 1.86. The first kappa shape index (κ1) is 16.0. The largest absolute Gasteiger partial charge is 0.262 e. The van der Waals surface area contributed by atoms with Crippen molar-refractivity contribution < 1.29 is 0 Å². The van der Waals surface area contributed by atoms with Gasteiger partial charge in [0.25, 0.3) is 0 Å². The average molecular weight is 348 g/mol. The monoisotopic (exact) mass is 348 g/mol. The Morgan fingerprint density at radius 2 is 1.88 bits per heavy atom. The lowest BCUT2D eigenvalue weighted by atomic mass is 10.1. The molecule has 2 aromatic heterocycles. The van der Waals surface area contributed by atoms with Gasteiger partial charge in [0.2, 0.25) is 4.80 Å². The second kappa shape index (κ2) is 7.15. The number of aryl methyl sites for hydroxylation is 1. The van der Waals surface area contributed by atoms with Gasteiger partial charge in [0, 0.05) is 22.9 Å². The zero-order valence-corrected chi connectivity index (χ0v) is 15.0. The second-order valence-electron chi connectivity index (χ2n) is 6.28. The molecule has 0 radical (unpaired) electrons. The molecule has 1 fully saturated rings. The van der Waals surface area contributed by atoms with Crippen molar-refractivity contribution in [3.63, 3.8) is 0 Å². The molecule has 0 N–H and O–H groups in total. The molecule has 1 aliphatic carbocycles. The third kappa shape index (κ3) is 3.61. The number of hydrogen-bond acceptors (Lipinski definition) is 4. The van der Waals surface area contributed by atoms with Crippen LogP contribution in [-0.2, 0) is 0 Å². The predicted octanol–water partition coefficient (Wildman–Crippen LogP) is 4.93. The first-order valence-corrected chi connectivity index (χ1v) is 9.47. The molecule has 2 heterocycles. The quantitative estimate of drug-likeness (QED) is 0.662. The highest BCUT2D eigenvalue weighted by Crippen LogP contribution is 2.23. The number of hydrogen-bond donors (Lipinski definition) is 0. The number of pyridine rings is 1. The van der Waals surface area contributed by atoms with E-state index in [4.69, 9.17) is 10.1 Å². The van der Waals surface area contributed by atoms with E-state index in [1.807, 2.05) is 16.8 Å². The zero-order valence-electron chi connectivity index (χ0n) is 14.2. The number of nitrogens with zero attached hydrogens (tertiary/aromatic N) is 4. The highest BCUT2D eigenvalue weighted by atomic mass is 32.1. The van der Waals surface area contributed by atoms with E-state index in [9.17, 15) is 0 Å². The molecule has 0 unspecified atom stereocenters. The fraction of sp³-hybridized carbons (Fsp3) is 0.250. The van der Waals surface area contributed by atoms with Crippen LogP contribution in [-0.4, -0.2) is 15.4 Å². The van der Waals surface area contributed by atoms with Crippen LogP contribution in [0.4, 0.5) is 5.69 Å². The highest BCUT2D eigenvalue weighted by Gasteiger charge is 2.12. The van der Waals surface area contributed by atoms with Crippen molar-refractivity contribution in [3.05, 3.63) is 64.5 Å². The number of thiazole rings is 1. The van der Waals surface area contributed by atoms with E-state index >= 15 is 0 Å². The van der Waals surface area contributed by atoms with Crippen LogP contribution in [0.1, 0.15) is 31.2 Å². The third-order valence-electron chi connectivity index (χ3n) is 4.33. The van der Waals surface area contributed by atoms with Gasteiger partial charge in [-0.2, -0.15) is 5.10 Å². The van der Waals surface area contributed by atoms with Crippen molar-refractivity contribution in [2.45, 2.75) is 32.6 Å². The molecule has 1 aliphatic rings. The van der Waals surface area contributed by atoms with E-state index in [0.717, 1.165) is 34.6 Å². The van der Waals surface area contributed by atoms with Crippen LogP contribution in [0, 0.1) is 6.92 Å². The third-order valence-corrected chi connectivity index (χ3v) is 5.14. The van der Waals surface area contributed by atoms with Crippen LogP contribution in [0.15, 0.2) is 64.3 Å². The van der Waals surface area contributed by atoms with Crippen molar-refractivity contribution in [1.29, 1.82) is 0 Å². The van der Waals surface area contributed by atoms with E-state index in [-0.39, 0.29) is 0 Å². The summed E-state index contributed by atoms with van der Waals surface area (Å²) in [5, 5.41) is 7.08. The Kier molecular flexibility index (Phi) is 4.57. The highest BCUT2D eigenvalue weighted by molar-refractivity contribution is 7.07. The van der Waals surface area contributed by atoms with Crippen LogP contribution in [0.2, 0.25) is 0 Å². The predicted molar refractivity (Wildman–Crippen MR) is 103 cm³/mol. The van der Waals surface area contributed by atoms with Crippen LogP contribution < -0.4 is 4.80 Å². The summed E-state index contributed by atoms with van der Waals surface area (Å²) in [6.07, 6.45) is 8.18. The lowest BCUT2D eigenvalue weighted by molar-refractivity contribution is 0.840. The van der Waals surface area contributed by atoms with Gasteiger partial charge in [0.05, 0.1) is 17.6 Å². The molecule has 4 rings (SSSR count). The maximum Gasteiger partial charge on any atom is 0.211 e. The molecule has 1 aromatic carbocycles. The summed E-state index contributed by atoms with van der Waals surface area (Å²) in [5.74, 6) is 0. The zero-order chi connectivity index (χ0) is 17.1. The summed E-state index contributed by atoms with van der Waals surface area (Å²) < 4.78 is 2.00. The van der Waals surface area contributed by atoms with Gasteiger partial charge in [-0.3, -0.25) is 4.98 Å². The first-order valence-electron chi connectivity index (χ1n) is 8.59. The van der Waals surface area contributed by atoms with Crippen molar-refractivity contribution in [2.24, 2.45) is 10.1 Å². The molecule has 0 aliphatic heterocycles. The van der Waals surface area contributed by atoms with Gasteiger partial charge in [-0.1, -0.05) is 29.8 Å². The summed E-state index contributed by atoms with van der Waals surface area (Å²) in [6.45, 7) is 2.10. The summed E-state index contributed by atoms with van der Waals surface area (Å²) >= 11 is 1.61. The van der Waals surface area contributed by atoms with Gasteiger partial charge in [-0.05, 0) is 44.7 Å². The minimum absolute atomic E-state index is 0.847. The molecule has 0 amide bonds. The van der Waals surface area contributed by atoms with E-state index < -0.39 is 0 Å². The smallest absolute Gasteiger partial charge is 0.211 e. The maximum absolute atomic E-state index is 4.94. The van der Waals surface area contributed by atoms with Crippen molar-refractivity contribution in [2.75, 3.05) is 0 Å². The Labute approximate surface area is 151 Å². The molecule has 0 bridgehead atoms. The molecule has 4 nitrogen and oxygen atoms in total. The lowest BCUT2D eigenvalue weighted by Crippen LogP contribution is -2.13. The van der Waals surface area contributed by atoms with Crippen molar-refractivity contribution in [1.82, 2.24) is 9.66 Å².